The molecule has 1 aromatic carbocycles. The maximum Gasteiger partial charge on any atom is 0.287 e. The van der Waals surface area contributed by atoms with Gasteiger partial charge in [-0.15, -0.1) is 0 Å². The molecule has 0 spiro atoms. The van der Waals surface area contributed by atoms with Crippen LogP contribution in [-0.2, 0) is 19.4 Å². The van der Waals surface area contributed by atoms with E-state index in [2.05, 4.69) is 15.6 Å². The normalized spacial score (nSPS) is 14.0. The Morgan fingerprint density at radius 2 is 2.10 bits per heavy atom. The number of carbonyl (C=O) groups excluding carboxylic acids is 2. The number of fused-ring (bicyclic) bond motifs is 1. The van der Waals surface area contributed by atoms with E-state index in [1.54, 1.807) is 7.11 Å². The fourth-order valence-electron chi connectivity index (χ4n) is 3.52. The van der Waals surface area contributed by atoms with Crippen molar-refractivity contribution in [3.05, 3.63) is 47.0 Å². The molecule has 7 heteroatoms. The summed E-state index contributed by atoms with van der Waals surface area (Å²) in [6.45, 7) is 5.20. The van der Waals surface area contributed by atoms with E-state index in [0.717, 1.165) is 49.2 Å². The molecule has 156 valence electrons. The van der Waals surface area contributed by atoms with Gasteiger partial charge in [-0.05, 0) is 56.7 Å². The number of aromatic nitrogens is 2. The first-order valence-corrected chi connectivity index (χ1v) is 10.3. The minimum Gasteiger partial charge on any atom is -0.497 e. The van der Waals surface area contributed by atoms with E-state index < -0.39 is 0 Å². The molecule has 1 atom stereocenters. The summed E-state index contributed by atoms with van der Waals surface area (Å²) in [7, 11) is 1.64. The third-order valence-electron chi connectivity index (χ3n) is 5.36. The zero-order valence-corrected chi connectivity index (χ0v) is 17.5. The highest BCUT2D eigenvalue weighted by Gasteiger charge is 2.27. The van der Waals surface area contributed by atoms with Crippen LogP contribution in [0.1, 0.15) is 65.5 Å². The number of carbonyl (C=O) groups is 2. The topological polar surface area (TPSA) is 85.2 Å². The lowest BCUT2D eigenvalue weighted by Crippen LogP contribution is -2.33. The molecule has 0 radical (unpaired) electrons. The summed E-state index contributed by atoms with van der Waals surface area (Å²) >= 11 is 0. The standard InChI is InChI=1S/C22H30N4O3/c1-4-15(2)24-21(27)19-18-10-5-6-13-26(18)20(25-19)22(28)23-12-11-16-8-7-9-17(14-16)29-3/h7-9,14-15H,4-6,10-13H2,1-3H3,(H,23,28)(H,24,27). The van der Waals surface area contributed by atoms with Crippen LogP contribution in [0.5, 0.6) is 5.75 Å². The van der Waals surface area contributed by atoms with Gasteiger partial charge in [0.2, 0.25) is 0 Å². The van der Waals surface area contributed by atoms with Crippen molar-refractivity contribution in [1.29, 1.82) is 0 Å². The average molecular weight is 399 g/mol. The van der Waals surface area contributed by atoms with Gasteiger partial charge in [-0.25, -0.2) is 4.98 Å². The number of benzene rings is 1. The van der Waals surface area contributed by atoms with Gasteiger partial charge in [-0.3, -0.25) is 9.59 Å². The van der Waals surface area contributed by atoms with E-state index in [1.165, 1.54) is 0 Å². The summed E-state index contributed by atoms with van der Waals surface area (Å²) < 4.78 is 7.15. The molecule has 2 aromatic rings. The maximum absolute atomic E-state index is 12.8. The molecule has 1 aliphatic rings. The predicted molar refractivity (Wildman–Crippen MR) is 111 cm³/mol. The van der Waals surface area contributed by atoms with Crippen LogP contribution in [-0.4, -0.2) is 41.1 Å². The van der Waals surface area contributed by atoms with Gasteiger partial charge in [0.1, 0.15) is 11.4 Å². The number of hydrogen-bond acceptors (Lipinski definition) is 4. The largest absolute Gasteiger partial charge is 0.497 e. The van der Waals surface area contributed by atoms with Crippen LogP contribution in [0.3, 0.4) is 0 Å². The molecule has 0 bridgehead atoms. The quantitative estimate of drug-likeness (QED) is 0.716. The summed E-state index contributed by atoms with van der Waals surface area (Å²) in [6.07, 6.45) is 4.30. The Balaban J connectivity index is 1.70. The van der Waals surface area contributed by atoms with Gasteiger partial charge in [0.15, 0.2) is 5.82 Å². The molecule has 2 heterocycles. The van der Waals surface area contributed by atoms with Crippen molar-refractivity contribution in [2.75, 3.05) is 13.7 Å². The van der Waals surface area contributed by atoms with Crippen LogP contribution < -0.4 is 15.4 Å². The summed E-state index contributed by atoms with van der Waals surface area (Å²) in [4.78, 5) is 29.9. The molecule has 7 nitrogen and oxygen atoms in total. The van der Waals surface area contributed by atoms with Crippen molar-refractivity contribution in [3.8, 4) is 5.75 Å². The minimum atomic E-state index is -0.237. The van der Waals surface area contributed by atoms with Crippen LogP contribution in [0.2, 0.25) is 0 Å². The average Bonchev–Trinajstić information content (AvgIpc) is 3.13. The van der Waals surface area contributed by atoms with Crippen molar-refractivity contribution < 1.29 is 14.3 Å². The van der Waals surface area contributed by atoms with Crippen LogP contribution in [0.4, 0.5) is 0 Å². The molecular formula is C22H30N4O3. The van der Waals surface area contributed by atoms with E-state index in [1.807, 2.05) is 42.7 Å². The Hall–Kier alpha value is -2.83. The SMILES string of the molecule is CCC(C)NC(=O)c1nc(C(=O)NCCc2cccc(OC)c2)n2c1CCCC2. The van der Waals surface area contributed by atoms with Crippen molar-refractivity contribution in [2.45, 2.75) is 58.5 Å². The Morgan fingerprint density at radius 3 is 2.86 bits per heavy atom. The number of ether oxygens (including phenoxy) is 1. The van der Waals surface area contributed by atoms with E-state index in [0.29, 0.717) is 24.5 Å². The Kier molecular flexibility index (Phi) is 6.90. The molecule has 2 N–H and O–H groups in total. The second-order valence-corrected chi connectivity index (χ2v) is 7.48. The molecule has 1 aromatic heterocycles. The zero-order chi connectivity index (χ0) is 20.8. The lowest BCUT2D eigenvalue weighted by Gasteiger charge is -2.17. The van der Waals surface area contributed by atoms with E-state index in [-0.39, 0.29) is 17.9 Å². The van der Waals surface area contributed by atoms with Crippen LogP contribution >= 0.6 is 0 Å². The van der Waals surface area contributed by atoms with Gasteiger partial charge in [0, 0.05) is 19.1 Å². The van der Waals surface area contributed by atoms with Crippen LogP contribution in [0.15, 0.2) is 24.3 Å². The summed E-state index contributed by atoms with van der Waals surface area (Å²) in [5.74, 6) is 0.701. The number of methoxy groups -OCH3 is 1. The molecular weight excluding hydrogens is 368 g/mol. The highest BCUT2D eigenvalue weighted by atomic mass is 16.5. The molecule has 0 aliphatic carbocycles. The molecule has 29 heavy (non-hydrogen) atoms. The summed E-state index contributed by atoms with van der Waals surface area (Å²) in [5, 5.41) is 5.91. The Morgan fingerprint density at radius 1 is 1.28 bits per heavy atom. The molecule has 0 saturated carbocycles. The second kappa shape index (κ2) is 9.58. The molecule has 0 saturated heterocycles. The molecule has 1 aliphatic heterocycles. The summed E-state index contributed by atoms with van der Waals surface area (Å²) in [5.41, 5.74) is 2.35. The lowest BCUT2D eigenvalue weighted by molar-refractivity contribution is 0.0933. The van der Waals surface area contributed by atoms with E-state index in [4.69, 9.17) is 4.74 Å². The van der Waals surface area contributed by atoms with Gasteiger partial charge in [0.25, 0.3) is 11.8 Å². The maximum atomic E-state index is 12.8. The van der Waals surface area contributed by atoms with Crippen molar-refractivity contribution >= 4 is 11.8 Å². The lowest BCUT2D eigenvalue weighted by atomic mass is 10.1. The first-order chi connectivity index (χ1) is 14.0. The molecule has 2 amide bonds. The van der Waals surface area contributed by atoms with E-state index >= 15 is 0 Å². The molecule has 1 unspecified atom stereocenters. The van der Waals surface area contributed by atoms with Gasteiger partial charge in [-0.1, -0.05) is 19.1 Å². The van der Waals surface area contributed by atoms with Crippen molar-refractivity contribution in [2.24, 2.45) is 0 Å². The highest BCUT2D eigenvalue weighted by molar-refractivity contribution is 5.97. The van der Waals surface area contributed by atoms with Crippen molar-refractivity contribution in [1.82, 2.24) is 20.2 Å². The first kappa shape index (κ1) is 20.9. The van der Waals surface area contributed by atoms with Crippen LogP contribution in [0.25, 0.3) is 0 Å². The number of rotatable bonds is 8. The molecule has 3 rings (SSSR count). The van der Waals surface area contributed by atoms with Gasteiger partial charge in [-0.2, -0.15) is 0 Å². The fourth-order valence-corrected chi connectivity index (χ4v) is 3.52. The minimum absolute atomic E-state index is 0.0728. The third kappa shape index (κ3) is 4.96. The fraction of sp³-hybridized carbons (Fsp3) is 0.500. The number of hydrogen-bond donors (Lipinski definition) is 2. The van der Waals surface area contributed by atoms with Gasteiger partial charge < -0.3 is 19.9 Å². The number of imidazole rings is 1. The van der Waals surface area contributed by atoms with Gasteiger partial charge in [0.05, 0.1) is 12.8 Å². The smallest absolute Gasteiger partial charge is 0.287 e. The second-order valence-electron chi connectivity index (χ2n) is 7.48. The van der Waals surface area contributed by atoms with Crippen molar-refractivity contribution in [3.63, 3.8) is 0 Å². The van der Waals surface area contributed by atoms with E-state index in [9.17, 15) is 9.59 Å². The Labute approximate surface area is 171 Å². The summed E-state index contributed by atoms with van der Waals surface area (Å²) in [6, 6.07) is 7.86. The Bertz CT molecular complexity index is 875. The predicted octanol–water partition coefficient (Wildman–Crippen LogP) is 2.73. The van der Waals surface area contributed by atoms with Gasteiger partial charge >= 0.3 is 0 Å². The third-order valence-corrected chi connectivity index (χ3v) is 5.36. The van der Waals surface area contributed by atoms with Crippen LogP contribution in [0, 0.1) is 0 Å². The zero-order valence-electron chi connectivity index (χ0n) is 17.5. The monoisotopic (exact) mass is 398 g/mol. The first-order valence-electron chi connectivity index (χ1n) is 10.3. The number of amides is 2. The molecule has 0 fully saturated rings. The number of nitrogens with one attached hydrogen (secondary N) is 2. The number of nitrogens with zero attached hydrogens (tertiary/aromatic N) is 2. The highest BCUT2D eigenvalue weighted by Crippen LogP contribution is 2.21.